The van der Waals surface area contributed by atoms with Crippen LogP contribution in [0.3, 0.4) is 0 Å². The molecule has 0 unspecified atom stereocenters. The Kier molecular flexibility index (Phi) is 3.45. The third-order valence-corrected chi connectivity index (χ3v) is 3.99. The Labute approximate surface area is 87.3 Å². The number of aliphatic hydroxyl groups is 1. The Morgan fingerprint density at radius 2 is 2.21 bits per heavy atom. The third kappa shape index (κ3) is 1.96. The summed E-state index contributed by atoms with van der Waals surface area (Å²) >= 11 is 0. The fourth-order valence-electron chi connectivity index (χ4n) is 3.21. The topological polar surface area (TPSA) is 23.5 Å². The number of unbranched alkanes of at least 4 members (excludes halogenated alkanes) is 1. The maximum Gasteiger partial charge on any atom is 0.0472 e. The van der Waals surface area contributed by atoms with E-state index in [1.807, 2.05) is 0 Å². The molecule has 0 aromatic carbocycles. The zero-order chi connectivity index (χ0) is 9.97. The van der Waals surface area contributed by atoms with E-state index in [0.29, 0.717) is 12.5 Å². The summed E-state index contributed by atoms with van der Waals surface area (Å²) in [5, 5.41) is 9.16. The van der Waals surface area contributed by atoms with Crippen molar-refractivity contribution in [3.8, 4) is 0 Å². The number of fused-ring (bicyclic) bond motifs is 1. The zero-order valence-corrected chi connectivity index (χ0v) is 9.28. The summed E-state index contributed by atoms with van der Waals surface area (Å²) in [5.41, 5.74) is 0. The maximum absolute atomic E-state index is 9.16. The fraction of sp³-hybridized carbons (Fsp3) is 1.00. The van der Waals surface area contributed by atoms with E-state index in [9.17, 15) is 0 Å². The molecule has 2 saturated heterocycles. The van der Waals surface area contributed by atoms with Crippen LogP contribution in [0, 0.1) is 5.92 Å². The first-order valence-corrected chi connectivity index (χ1v) is 6.21. The lowest BCUT2D eigenvalue weighted by atomic mass is 10.0. The second-order valence-electron chi connectivity index (χ2n) is 5.01. The molecule has 0 bridgehead atoms. The van der Waals surface area contributed by atoms with Gasteiger partial charge in [0.05, 0.1) is 0 Å². The average Bonchev–Trinajstić information content (AvgIpc) is 2.74. The Morgan fingerprint density at radius 1 is 1.36 bits per heavy atom. The van der Waals surface area contributed by atoms with Gasteiger partial charge in [-0.2, -0.15) is 0 Å². The van der Waals surface area contributed by atoms with Gasteiger partial charge in [-0.1, -0.05) is 19.8 Å². The molecule has 0 amide bonds. The molecular weight excluding hydrogens is 174 g/mol. The third-order valence-electron chi connectivity index (χ3n) is 3.99. The molecule has 14 heavy (non-hydrogen) atoms. The Hall–Kier alpha value is -0.0800. The Balaban J connectivity index is 1.85. The molecular formula is C12H23NO. The van der Waals surface area contributed by atoms with Gasteiger partial charge in [0.1, 0.15) is 0 Å². The van der Waals surface area contributed by atoms with Gasteiger partial charge >= 0.3 is 0 Å². The molecule has 0 aromatic rings. The second-order valence-corrected chi connectivity index (χ2v) is 5.01. The van der Waals surface area contributed by atoms with Gasteiger partial charge in [0.25, 0.3) is 0 Å². The molecule has 2 nitrogen and oxygen atoms in total. The fourth-order valence-corrected chi connectivity index (χ4v) is 3.21. The van der Waals surface area contributed by atoms with Crippen LogP contribution in [0.2, 0.25) is 0 Å². The highest BCUT2D eigenvalue weighted by atomic mass is 16.3. The van der Waals surface area contributed by atoms with E-state index in [4.69, 9.17) is 5.11 Å². The second kappa shape index (κ2) is 4.63. The molecule has 0 spiro atoms. The number of aliphatic hydroxyl groups excluding tert-OH is 1. The standard InChI is InChI=1S/C12H23NO/c1-2-3-4-11-5-6-12-7-10(9-14)8-13(11)12/h10-12,14H,2-9H2,1H3/t10-,11-,12+/m1/s1. The van der Waals surface area contributed by atoms with Crippen LogP contribution < -0.4 is 0 Å². The number of hydrogen-bond acceptors (Lipinski definition) is 2. The van der Waals surface area contributed by atoms with E-state index >= 15 is 0 Å². The van der Waals surface area contributed by atoms with Crippen LogP contribution in [-0.4, -0.2) is 35.2 Å². The van der Waals surface area contributed by atoms with Crippen molar-refractivity contribution in [1.82, 2.24) is 4.90 Å². The molecule has 0 radical (unpaired) electrons. The molecule has 0 aliphatic carbocycles. The molecule has 2 heterocycles. The summed E-state index contributed by atoms with van der Waals surface area (Å²) in [5.74, 6) is 0.574. The van der Waals surface area contributed by atoms with Crippen LogP contribution in [-0.2, 0) is 0 Å². The first kappa shape index (κ1) is 10.4. The largest absolute Gasteiger partial charge is 0.396 e. The van der Waals surface area contributed by atoms with Gasteiger partial charge in [0.15, 0.2) is 0 Å². The van der Waals surface area contributed by atoms with Crippen molar-refractivity contribution in [1.29, 1.82) is 0 Å². The molecule has 2 rings (SSSR count). The van der Waals surface area contributed by atoms with Crippen LogP contribution in [0.5, 0.6) is 0 Å². The Bertz CT molecular complexity index is 183. The predicted octanol–water partition coefficient (Wildman–Crippen LogP) is 2.02. The van der Waals surface area contributed by atoms with E-state index in [1.54, 1.807) is 0 Å². The number of nitrogens with zero attached hydrogens (tertiary/aromatic N) is 1. The lowest BCUT2D eigenvalue weighted by Crippen LogP contribution is -2.32. The van der Waals surface area contributed by atoms with Crippen molar-refractivity contribution in [2.45, 2.75) is 57.5 Å². The van der Waals surface area contributed by atoms with E-state index in [2.05, 4.69) is 11.8 Å². The van der Waals surface area contributed by atoms with Crippen molar-refractivity contribution in [2.24, 2.45) is 5.92 Å². The molecule has 2 heteroatoms. The smallest absolute Gasteiger partial charge is 0.0472 e. The molecule has 3 atom stereocenters. The highest BCUT2D eigenvalue weighted by Crippen LogP contribution is 2.36. The van der Waals surface area contributed by atoms with Crippen LogP contribution in [0.1, 0.15) is 45.4 Å². The lowest BCUT2D eigenvalue weighted by molar-refractivity contribution is 0.197. The van der Waals surface area contributed by atoms with Crippen LogP contribution >= 0.6 is 0 Å². The van der Waals surface area contributed by atoms with Gasteiger partial charge in [-0.15, -0.1) is 0 Å². The van der Waals surface area contributed by atoms with Crippen LogP contribution in [0.4, 0.5) is 0 Å². The molecule has 82 valence electrons. The maximum atomic E-state index is 9.16. The van der Waals surface area contributed by atoms with Crippen LogP contribution in [0.25, 0.3) is 0 Å². The van der Waals surface area contributed by atoms with E-state index in [-0.39, 0.29) is 0 Å². The van der Waals surface area contributed by atoms with Gasteiger partial charge in [0.2, 0.25) is 0 Å². The first-order chi connectivity index (χ1) is 6.85. The lowest BCUT2D eigenvalue weighted by Gasteiger charge is -2.23. The minimum absolute atomic E-state index is 0.396. The molecule has 0 aromatic heterocycles. The van der Waals surface area contributed by atoms with E-state index in [1.165, 1.54) is 38.5 Å². The predicted molar refractivity (Wildman–Crippen MR) is 58.2 cm³/mol. The quantitative estimate of drug-likeness (QED) is 0.745. The summed E-state index contributed by atoms with van der Waals surface area (Å²) in [6.45, 7) is 3.83. The highest BCUT2D eigenvalue weighted by molar-refractivity contribution is 4.94. The minimum Gasteiger partial charge on any atom is -0.396 e. The van der Waals surface area contributed by atoms with Gasteiger partial charge in [-0.25, -0.2) is 0 Å². The summed E-state index contributed by atoms with van der Waals surface area (Å²) in [7, 11) is 0. The molecule has 2 fully saturated rings. The highest BCUT2D eigenvalue weighted by Gasteiger charge is 2.39. The minimum atomic E-state index is 0.396. The number of rotatable bonds is 4. The van der Waals surface area contributed by atoms with Gasteiger partial charge in [0, 0.05) is 25.2 Å². The van der Waals surface area contributed by atoms with Crippen molar-refractivity contribution in [3.05, 3.63) is 0 Å². The summed E-state index contributed by atoms with van der Waals surface area (Å²) in [6.07, 6.45) is 8.11. The summed E-state index contributed by atoms with van der Waals surface area (Å²) in [4.78, 5) is 2.68. The van der Waals surface area contributed by atoms with Gasteiger partial charge < -0.3 is 5.11 Å². The van der Waals surface area contributed by atoms with Crippen molar-refractivity contribution in [2.75, 3.05) is 13.2 Å². The molecule has 0 saturated carbocycles. The molecule has 2 aliphatic heterocycles. The first-order valence-electron chi connectivity index (χ1n) is 6.21. The summed E-state index contributed by atoms with van der Waals surface area (Å²) in [6, 6.07) is 1.66. The van der Waals surface area contributed by atoms with Gasteiger partial charge in [-0.3, -0.25) is 4.90 Å². The van der Waals surface area contributed by atoms with Gasteiger partial charge in [-0.05, 0) is 31.6 Å². The molecule has 2 aliphatic rings. The Morgan fingerprint density at radius 3 is 2.93 bits per heavy atom. The number of hydrogen-bond donors (Lipinski definition) is 1. The van der Waals surface area contributed by atoms with Crippen LogP contribution in [0.15, 0.2) is 0 Å². The SMILES string of the molecule is CCCC[C@@H]1CC[C@H]2C[C@@H](CO)CN12. The van der Waals surface area contributed by atoms with Crippen molar-refractivity contribution < 1.29 is 5.11 Å². The monoisotopic (exact) mass is 197 g/mol. The zero-order valence-electron chi connectivity index (χ0n) is 9.28. The van der Waals surface area contributed by atoms with Crippen molar-refractivity contribution >= 4 is 0 Å². The van der Waals surface area contributed by atoms with E-state index in [0.717, 1.165) is 18.6 Å². The summed E-state index contributed by atoms with van der Waals surface area (Å²) < 4.78 is 0. The van der Waals surface area contributed by atoms with Crippen molar-refractivity contribution in [3.63, 3.8) is 0 Å². The molecule has 1 N–H and O–H groups in total. The average molecular weight is 197 g/mol. The van der Waals surface area contributed by atoms with E-state index < -0.39 is 0 Å². The normalized spacial score (nSPS) is 37.7.